The van der Waals surface area contributed by atoms with Crippen LogP contribution in [0.5, 0.6) is 5.75 Å². The first kappa shape index (κ1) is 23.1. The van der Waals surface area contributed by atoms with Crippen LogP contribution < -0.4 is 10.1 Å². The van der Waals surface area contributed by atoms with Gasteiger partial charge >= 0.3 is 0 Å². The highest BCUT2D eigenvalue weighted by Crippen LogP contribution is 2.39. The van der Waals surface area contributed by atoms with Gasteiger partial charge in [-0.15, -0.1) is 0 Å². The van der Waals surface area contributed by atoms with Crippen molar-refractivity contribution in [3.63, 3.8) is 0 Å². The molecule has 2 amide bonds. The second kappa shape index (κ2) is 9.80. The molecule has 1 aliphatic carbocycles. The van der Waals surface area contributed by atoms with Crippen molar-refractivity contribution >= 4 is 40.0 Å². The summed E-state index contributed by atoms with van der Waals surface area (Å²) >= 11 is 3.01. The van der Waals surface area contributed by atoms with Crippen molar-refractivity contribution in [2.24, 2.45) is 5.92 Å². The maximum atomic E-state index is 13.3. The minimum atomic E-state index is 0.00814. The van der Waals surface area contributed by atoms with Crippen LogP contribution in [0.4, 0.5) is 5.13 Å². The van der Waals surface area contributed by atoms with E-state index in [2.05, 4.69) is 29.0 Å². The minimum absolute atomic E-state index is 0.00814. The first-order valence-corrected chi connectivity index (χ1v) is 12.7. The predicted octanol–water partition coefficient (Wildman–Crippen LogP) is 4.13. The molecule has 2 aliphatic rings. The Morgan fingerprint density at radius 2 is 1.94 bits per heavy atom. The van der Waals surface area contributed by atoms with Crippen molar-refractivity contribution in [3.8, 4) is 5.75 Å². The molecule has 0 spiro atoms. The van der Waals surface area contributed by atoms with Gasteiger partial charge in [-0.2, -0.15) is 0 Å². The molecule has 4 rings (SSSR count). The summed E-state index contributed by atoms with van der Waals surface area (Å²) in [6.07, 6.45) is 3.70. The predicted molar refractivity (Wildman–Crippen MR) is 128 cm³/mol. The first-order chi connectivity index (χ1) is 15.4. The van der Waals surface area contributed by atoms with Crippen LogP contribution in [-0.2, 0) is 4.79 Å². The van der Waals surface area contributed by atoms with E-state index in [4.69, 9.17) is 4.74 Å². The topological polar surface area (TPSA) is 74.8 Å². The Morgan fingerprint density at radius 3 is 2.56 bits per heavy atom. The summed E-state index contributed by atoms with van der Waals surface area (Å²) in [5.74, 6) is 0.815. The van der Waals surface area contributed by atoms with Crippen LogP contribution in [0.25, 0.3) is 0 Å². The molecule has 1 N–H and O–H groups in total. The number of carbonyl (C=O) groups is 2. The monoisotopic (exact) mass is 474 g/mol. The van der Waals surface area contributed by atoms with Crippen LogP contribution >= 0.6 is 23.1 Å². The maximum Gasteiger partial charge on any atom is 0.257 e. The van der Waals surface area contributed by atoms with Crippen LogP contribution in [0, 0.1) is 12.8 Å². The third-order valence-electron chi connectivity index (χ3n) is 5.93. The van der Waals surface area contributed by atoms with Crippen LogP contribution in [-0.4, -0.2) is 65.9 Å². The molecular weight excluding hydrogens is 444 g/mol. The number of piperazine rings is 1. The van der Waals surface area contributed by atoms with Crippen LogP contribution in [0.3, 0.4) is 0 Å². The quantitative estimate of drug-likeness (QED) is 0.651. The number of methoxy groups -OCH3 is 1. The van der Waals surface area contributed by atoms with Crippen LogP contribution in [0.15, 0.2) is 27.4 Å². The summed E-state index contributed by atoms with van der Waals surface area (Å²) in [5.41, 5.74) is 1.62. The fourth-order valence-electron chi connectivity index (χ4n) is 3.74. The van der Waals surface area contributed by atoms with Gasteiger partial charge in [0.15, 0.2) is 5.13 Å². The summed E-state index contributed by atoms with van der Waals surface area (Å²) < 4.78 is 6.52. The normalized spacial score (nSPS) is 17.0. The van der Waals surface area contributed by atoms with E-state index < -0.39 is 0 Å². The SMILES string of the molecule is COc1cc(C)c(Sc2cnc(NC(=O)C3CC3)s2)cc1C(=O)N1CCN(C(C)C)CC1. The van der Waals surface area contributed by atoms with Gasteiger partial charge in [0.05, 0.1) is 23.1 Å². The Hall–Kier alpha value is -2.10. The van der Waals surface area contributed by atoms with Gasteiger partial charge in [-0.3, -0.25) is 14.5 Å². The highest BCUT2D eigenvalue weighted by molar-refractivity contribution is 8.01. The van der Waals surface area contributed by atoms with Gasteiger partial charge < -0.3 is 15.0 Å². The number of benzene rings is 1. The highest BCUT2D eigenvalue weighted by Gasteiger charge is 2.30. The Balaban J connectivity index is 1.49. The number of ether oxygens (including phenoxy) is 1. The van der Waals surface area contributed by atoms with Gasteiger partial charge in [0.2, 0.25) is 5.91 Å². The van der Waals surface area contributed by atoms with Crippen molar-refractivity contribution in [1.82, 2.24) is 14.8 Å². The Morgan fingerprint density at radius 1 is 1.22 bits per heavy atom. The first-order valence-electron chi connectivity index (χ1n) is 11.0. The minimum Gasteiger partial charge on any atom is -0.496 e. The molecule has 7 nitrogen and oxygen atoms in total. The third kappa shape index (κ3) is 5.27. The van der Waals surface area contributed by atoms with Gasteiger partial charge in [-0.1, -0.05) is 23.1 Å². The zero-order chi connectivity index (χ0) is 22.8. The number of aryl methyl sites for hydroxylation is 1. The van der Waals surface area contributed by atoms with Crippen LogP contribution in [0.1, 0.15) is 42.6 Å². The third-order valence-corrected chi connectivity index (χ3v) is 8.11. The lowest BCUT2D eigenvalue weighted by molar-refractivity contribution is -0.117. The molecule has 1 aromatic carbocycles. The van der Waals surface area contributed by atoms with E-state index in [-0.39, 0.29) is 17.7 Å². The molecule has 1 saturated heterocycles. The zero-order valence-corrected chi connectivity index (χ0v) is 20.6. The van der Waals surface area contributed by atoms with Gasteiger partial charge in [-0.05, 0) is 51.3 Å². The number of thiazole rings is 1. The molecule has 2 heterocycles. The molecule has 2 aromatic rings. The molecular formula is C23H30N4O3S2. The van der Waals surface area contributed by atoms with Crippen molar-refractivity contribution in [3.05, 3.63) is 29.5 Å². The summed E-state index contributed by atoms with van der Waals surface area (Å²) in [6.45, 7) is 9.59. The lowest BCUT2D eigenvalue weighted by Crippen LogP contribution is -2.50. The molecule has 32 heavy (non-hydrogen) atoms. The van der Waals surface area contributed by atoms with Gasteiger partial charge in [0.25, 0.3) is 5.91 Å². The largest absolute Gasteiger partial charge is 0.496 e. The number of hydrogen-bond acceptors (Lipinski definition) is 7. The molecule has 0 bridgehead atoms. The van der Waals surface area contributed by atoms with E-state index in [1.54, 1.807) is 25.1 Å². The van der Waals surface area contributed by atoms with E-state index in [1.807, 2.05) is 24.0 Å². The second-order valence-corrected chi connectivity index (χ2v) is 11.0. The summed E-state index contributed by atoms with van der Waals surface area (Å²) in [6, 6.07) is 4.34. The lowest BCUT2D eigenvalue weighted by Gasteiger charge is -2.37. The second-order valence-electron chi connectivity index (χ2n) is 8.59. The van der Waals surface area contributed by atoms with Gasteiger partial charge in [-0.25, -0.2) is 4.98 Å². The standard InChI is InChI=1S/C23H30N4O3S2/c1-14(2)26-7-9-27(10-8-26)22(29)17-12-19(15(3)11-18(17)30-4)31-20-13-24-23(32-20)25-21(28)16-5-6-16/h11-14,16H,5-10H2,1-4H3,(H,24,25,28). The molecule has 9 heteroatoms. The summed E-state index contributed by atoms with van der Waals surface area (Å²) in [4.78, 5) is 34.9. The van der Waals surface area contributed by atoms with E-state index in [0.717, 1.165) is 53.7 Å². The molecule has 1 saturated carbocycles. The lowest BCUT2D eigenvalue weighted by atomic mass is 10.1. The Bertz CT molecular complexity index is 995. The number of nitrogens with zero attached hydrogens (tertiary/aromatic N) is 3. The Labute approximate surface area is 197 Å². The van der Waals surface area contributed by atoms with Crippen molar-refractivity contribution < 1.29 is 14.3 Å². The van der Waals surface area contributed by atoms with Crippen molar-refractivity contribution in [2.75, 3.05) is 38.6 Å². The Kier molecular flexibility index (Phi) is 7.07. The van der Waals surface area contributed by atoms with E-state index in [0.29, 0.717) is 22.5 Å². The molecule has 0 radical (unpaired) electrons. The number of nitrogens with one attached hydrogen (secondary N) is 1. The number of anilines is 1. The molecule has 1 aromatic heterocycles. The van der Waals surface area contributed by atoms with E-state index >= 15 is 0 Å². The number of hydrogen-bond donors (Lipinski definition) is 1. The average Bonchev–Trinajstić information content (AvgIpc) is 3.55. The average molecular weight is 475 g/mol. The summed E-state index contributed by atoms with van der Waals surface area (Å²) in [5, 5.41) is 3.52. The number of rotatable bonds is 7. The van der Waals surface area contributed by atoms with Crippen molar-refractivity contribution in [2.45, 2.75) is 48.8 Å². The van der Waals surface area contributed by atoms with Crippen molar-refractivity contribution in [1.29, 1.82) is 0 Å². The van der Waals surface area contributed by atoms with Crippen LogP contribution in [0.2, 0.25) is 0 Å². The molecule has 1 aliphatic heterocycles. The highest BCUT2D eigenvalue weighted by atomic mass is 32.2. The van der Waals surface area contributed by atoms with Gasteiger partial charge in [0, 0.05) is 43.0 Å². The molecule has 2 fully saturated rings. The fourth-order valence-corrected chi connectivity index (χ4v) is 5.69. The number of amides is 2. The molecule has 0 atom stereocenters. The number of carbonyl (C=O) groups excluding carboxylic acids is 2. The van der Waals surface area contributed by atoms with E-state index in [1.165, 1.54) is 11.3 Å². The maximum absolute atomic E-state index is 13.3. The molecule has 172 valence electrons. The summed E-state index contributed by atoms with van der Waals surface area (Å²) in [7, 11) is 1.60. The zero-order valence-electron chi connectivity index (χ0n) is 19.0. The number of aromatic nitrogens is 1. The van der Waals surface area contributed by atoms with E-state index in [9.17, 15) is 9.59 Å². The smallest absolute Gasteiger partial charge is 0.257 e. The fraction of sp³-hybridized carbons (Fsp3) is 0.522. The molecule has 0 unspecified atom stereocenters. The van der Waals surface area contributed by atoms with Gasteiger partial charge in [0.1, 0.15) is 5.75 Å².